The summed E-state index contributed by atoms with van der Waals surface area (Å²) in [4.78, 5) is 19.2. The van der Waals surface area contributed by atoms with E-state index in [9.17, 15) is 31.5 Å². The third-order valence-electron chi connectivity index (χ3n) is 9.57. The molecule has 0 bridgehead atoms. The summed E-state index contributed by atoms with van der Waals surface area (Å²) in [5.74, 6) is 6.43. The molecule has 0 spiro atoms. The van der Waals surface area contributed by atoms with Gasteiger partial charge in [0.2, 0.25) is 15.9 Å². The number of carbonyl (C=O) groups excluding carboxylic acids is 1. The van der Waals surface area contributed by atoms with Crippen LogP contribution in [0, 0.1) is 11.8 Å². The zero-order valence-electron chi connectivity index (χ0n) is 29.9. The van der Waals surface area contributed by atoms with E-state index in [0.717, 1.165) is 55.3 Å². The minimum Gasteiger partial charge on any atom is -0.390 e. The number of nitrogens with one attached hydrogen (secondary N) is 2. The summed E-state index contributed by atoms with van der Waals surface area (Å²) >= 11 is 0. The number of sulfonamides is 1. The number of amides is 1. The first kappa shape index (κ1) is 39.4. The van der Waals surface area contributed by atoms with Gasteiger partial charge in [-0.2, -0.15) is 22.6 Å². The molecule has 3 aromatic rings. The fourth-order valence-corrected chi connectivity index (χ4v) is 7.72. The van der Waals surface area contributed by atoms with Crippen molar-refractivity contribution in [3.63, 3.8) is 0 Å². The highest BCUT2D eigenvalue weighted by Crippen LogP contribution is 2.37. The van der Waals surface area contributed by atoms with Gasteiger partial charge in [0.15, 0.2) is 0 Å². The van der Waals surface area contributed by atoms with Crippen LogP contribution in [0.25, 0.3) is 11.3 Å². The zero-order valence-corrected chi connectivity index (χ0v) is 30.7. The number of hydrogen-bond donors (Lipinski definition) is 4. The van der Waals surface area contributed by atoms with Crippen LogP contribution in [0.3, 0.4) is 0 Å². The molecule has 16 heteroatoms. The number of benzene rings is 2. The number of aliphatic hydroxyl groups is 1. The Morgan fingerprint density at radius 2 is 1.81 bits per heavy atom. The molecule has 2 aliphatic heterocycles. The van der Waals surface area contributed by atoms with E-state index in [1.165, 1.54) is 16.4 Å². The van der Waals surface area contributed by atoms with Gasteiger partial charge in [0.1, 0.15) is 5.84 Å². The number of piperidine rings is 1. The lowest BCUT2D eigenvalue weighted by atomic mass is 9.95. The summed E-state index contributed by atoms with van der Waals surface area (Å²) in [6.07, 6.45) is -2.24. The van der Waals surface area contributed by atoms with Crippen molar-refractivity contribution in [2.45, 2.75) is 78.0 Å². The first-order valence-electron chi connectivity index (χ1n) is 17.6. The lowest BCUT2D eigenvalue weighted by Gasteiger charge is -2.33. The van der Waals surface area contributed by atoms with Crippen LogP contribution in [-0.2, 0) is 53.6 Å². The molecular formula is C36H49F3N8O4S. The SMILES string of the molecule is CC(C)CC(=O)NCc1cc(-c2nn(CC(O)CN3CCC(C(=NCc4ccccc4)NN)CC3)c3c2CN(S(C)(=O)=O)CC3)ccc1C(F)(F)F. The first-order chi connectivity index (χ1) is 24.6. The molecule has 52 heavy (non-hydrogen) atoms. The Morgan fingerprint density at radius 3 is 2.44 bits per heavy atom. The van der Waals surface area contributed by atoms with Crippen LogP contribution in [0.2, 0.25) is 0 Å². The summed E-state index contributed by atoms with van der Waals surface area (Å²) in [5.41, 5.74) is 4.89. The van der Waals surface area contributed by atoms with Crippen molar-refractivity contribution in [2.75, 3.05) is 32.4 Å². The lowest BCUT2D eigenvalue weighted by molar-refractivity contribution is -0.138. The third kappa shape index (κ3) is 10.2. The van der Waals surface area contributed by atoms with Gasteiger partial charge in [0.05, 0.1) is 36.7 Å². The van der Waals surface area contributed by atoms with E-state index in [0.29, 0.717) is 36.3 Å². The van der Waals surface area contributed by atoms with Gasteiger partial charge in [-0.05, 0) is 55.1 Å². The van der Waals surface area contributed by atoms with Crippen molar-refractivity contribution in [2.24, 2.45) is 22.7 Å². The summed E-state index contributed by atoms with van der Waals surface area (Å²) < 4.78 is 70.2. The molecule has 12 nitrogen and oxygen atoms in total. The molecule has 0 aliphatic carbocycles. The second kappa shape index (κ2) is 16.9. The number of halogens is 3. The standard InChI is InChI=1S/C36H49F3N8O4S/c1-24(2)17-33(49)41-20-28-18-27(9-10-31(28)36(37,38)39)34-30-23-46(52(3,50)51)16-13-32(30)47(44-34)22-29(48)21-45-14-11-26(12-15-45)35(43-40)42-19-25-7-5-4-6-8-25/h4-10,18,24,26,29,48H,11-17,19-23,40H2,1-3H3,(H,41,49)(H,42,43). The summed E-state index contributed by atoms with van der Waals surface area (Å²) in [6, 6.07) is 13.6. The lowest BCUT2D eigenvalue weighted by Crippen LogP contribution is -2.45. The fraction of sp³-hybridized carbons (Fsp3) is 0.528. The molecule has 5 rings (SSSR count). The Balaban J connectivity index is 1.33. The number of alkyl halides is 3. The van der Waals surface area contributed by atoms with Gasteiger partial charge in [-0.3, -0.25) is 14.5 Å². The number of amidine groups is 1. The average Bonchev–Trinajstić information content (AvgIpc) is 3.44. The van der Waals surface area contributed by atoms with Gasteiger partial charge in [-0.25, -0.2) is 14.3 Å². The smallest absolute Gasteiger partial charge is 0.390 e. The molecule has 3 heterocycles. The second-order valence-corrected chi connectivity index (χ2v) is 16.1. The molecule has 0 saturated carbocycles. The van der Waals surface area contributed by atoms with Crippen molar-refractivity contribution >= 4 is 21.8 Å². The molecule has 1 aromatic heterocycles. The molecule has 2 aromatic carbocycles. The van der Waals surface area contributed by atoms with Gasteiger partial charge >= 0.3 is 6.18 Å². The van der Waals surface area contributed by atoms with E-state index in [4.69, 9.17) is 15.9 Å². The molecule has 1 unspecified atom stereocenters. The maximum absolute atomic E-state index is 14.0. The van der Waals surface area contributed by atoms with Crippen molar-refractivity contribution in [3.8, 4) is 11.3 Å². The Kier molecular flexibility index (Phi) is 12.8. The van der Waals surface area contributed by atoms with Crippen molar-refractivity contribution in [3.05, 3.63) is 76.5 Å². The number of β-amino-alcohol motifs (C(OH)–C–C–N with tert-alkyl or cyclic N) is 1. The van der Waals surface area contributed by atoms with Crippen molar-refractivity contribution < 1.29 is 31.5 Å². The minimum absolute atomic E-state index is 0.00206. The maximum atomic E-state index is 14.0. The molecule has 1 saturated heterocycles. The Labute approximate surface area is 303 Å². The molecule has 1 atom stereocenters. The number of nitrogens with zero attached hydrogens (tertiary/aromatic N) is 5. The normalized spacial score (nSPS) is 17.3. The number of aromatic nitrogens is 2. The highest BCUT2D eigenvalue weighted by Gasteiger charge is 2.35. The quantitative estimate of drug-likeness (QED) is 0.0894. The highest BCUT2D eigenvalue weighted by molar-refractivity contribution is 7.88. The summed E-state index contributed by atoms with van der Waals surface area (Å²) in [7, 11) is -3.57. The van der Waals surface area contributed by atoms with Crippen LogP contribution in [0.1, 0.15) is 61.1 Å². The van der Waals surface area contributed by atoms with Crippen LogP contribution in [-0.4, -0.2) is 82.8 Å². The highest BCUT2D eigenvalue weighted by atomic mass is 32.2. The predicted octanol–water partition coefficient (Wildman–Crippen LogP) is 3.68. The van der Waals surface area contributed by atoms with Crippen molar-refractivity contribution in [1.82, 2.24) is 29.7 Å². The summed E-state index contributed by atoms with van der Waals surface area (Å²) in [6.45, 7) is 6.04. The second-order valence-electron chi connectivity index (χ2n) is 14.1. The van der Waals surface area contributed by atoms with Gasteiger partial charge < -0.3 is 20.7 Å². The Hall–Kier alpha value is -3.83. The minimum atomic E-state index is -4.65. The molecule has 5 N–H and O–H groups in total. The number of aliphatic hydroxyl groups excluding tert-OH is 1. The number of rotatable bonds is 13. The first-order valence-corrected chi connectivity index (χ1v) is 19.4. The Bertz CT molecular complexity index is 1820. The monoisotopic (exact) mass is 746 g/mol. The number of hydrogen-bond acceptors (Lipinski definition) is 8. The van der Waals surface area contributed by atoms with Crippen LogP contribution >= 0.6 is 0 Å². The molecule has 2 aliphatic rings. The van der Waals surface area contributed by atoms with Crippen LogP contribution in [0.5, 0.6) is 0 Å². The van der Waals surface area contributed by atoms with Crippen molar-refractivity contribution in [1.29, 1.82) is 0 Å². The number of fused-ring (bicyclic) bond motifs is 1. The predicted molar refractivity (Wildman–Crippen MR) is 193 cm³/mol. The largest absolute Gasteiger partial charge is 0.416 e. The van der Waals surface area contributed by atoms with Gasteiger partial charge in [-0.1, -0.05) is 50.2 Å². The number of aliphatic imine (C=N–C) groups is 1. The topological polar surface area (TPSA) is 158 Å². The van der Waals surface area contributed by atoms with Gasteiger partial charge in [0.25, 0.3) is 0 Å². The number of likely N-dealkylation sites (tertiary alicyclic amines) is 1. The van der Waals surface area contributed by atoms with E-state index < -0.39 is 27.9 Å². The maximum Gasteiger partial charge on any atom is 0.416 e. The zero-order chi connectivity index (χ0) is 37.6. The molecule has 0 radical (unpaired) electrons. The molecule has 284 valence electrons. The van der Waals surface area contributed by atoms with E-state index in [2.05, 4.69) is 15.6 Å². The van der Waals surface area contributed by atoms with Gasteiger partial charge in [-0.15, -0.1) is 0 Å². The third-order valence-corrected chi connectivity index (χ3v) is 10.8. The summed E-state index contributed by atoms with van der Waals surface area (Å²) in [5, 5.41) is 18.7. The number of hydrazine groups is 1. The van der Waals surface area contributed by atoms with E-state index in [1.54, 1.807) is 4.68 Å². The van der Waals surface area contributed by atoms with Crippen LogP contribution < -0.4 is 16.6 Å². The van der Waals surface area contributed by atoms with Crippen LogP contribution in [0.15, 0.2) is 53.5 Å². The van der Waals surface area contributed by atoms with Gasteiger partial charge in [0, 0.05) is 61.8 Å². The Morgan fingerprint density at radius 1 is 1.10 bits per heavy atom. The van der Waals surface area contributed by atoms with E-state index >= 15 is 0 Å². The molecule has 1 fully saturated rings. The van der Waals surface area contributed by atoms with E-state index in [-0.39, 0.29) is 55.9 Å². The van der Waals surface area contributed by atoms with E-state index in [1.807, 2.05) is 44.2 Å². The molecular weight excluding hydrogens is 698 g/mol. The number of carbonyl (C=O) groups is 1. The number of nitrogens with two attached hydrogens (primary N) is 1. The molecule has 1 amide bonds. The average molecular weight is 747 g/mol. The fourth-order valence-electron chi connectivity index (χ4n) is 6.93. The van der Waals surface area contributed by atoms with Crippen LogP contribution in [0.4, 0.5) is 13.2 Å².